The Morgan fingerprint density at radius 1 is 1.36 bits per heavy atom. The summed E-state index contributed by atoms with van der Waals surface area (Å²) in [4.78, 5) is 22.2. The van der Waals surface area contributed by atoms with E-state index in [1.54, 1.807) is 0 Å². The molecule has 3 aromatic rings. The topological polar surface area (TPSA) is 61.0 Å². The number of carbonyl (C=O) groups excluding carboxylic acids is 1. The second-order valence-electron chi connectivity index (χ2n) is 6.76. The molecule has 0 bridgehead atoms. The van der Waals surface area contributed by atoms with Crippen molar-refractivity contribution in [2.75, 3.05) is 18.0 Å². The van der Waals surface area contributed by atoms with Crippen molar-refractivity contribution in [1.29, 1.82) is 0 Å². The van der Waals surface area contributed by atoms with E-state index in [-0.39, 0.29) is 11.9 Å². The number of rotatable bonds is 4. The Balaban J connectivity index is 1.37. The highest BCUT2D eigenvalue weighted by molar-refractivity contribution is 5.89. The first-order valence-electron chi connectivity index (χ1n) is 8.70. The van der Waals surface area contributed by atoms with E-state index in [0.717, 1.165) is 47.2 Å². The van der Waals surface area contributed by atoms with E-state index in [1.807, 2.05) is 43.7 Å². The molecular formula is C20H22N4O. The lowest BCUT2D eigenvalue weighted by molar-refractivity contribution is -0.121. The van der Waals surface area contributed by atoms with Crippen LogP contribution in [0, 0.1) is 6.92 Å². The van der Waals surface area contributed by atoms with Crippen LogP contribution in [0.1, 0.15) is 17.5 Å². The van der Waals surface area contributed by atoms with Crippen molar-refractivity contribution in [3.05, 3.63) is 60.0 Å². The number of pyridine rings is 1. The van der Waals surface area contributed by atoms with Crippen LogP contribution in [0.5, 0.6) is 0 Å². The number of carbonyl (C=O) groups is 1. The van der Waals surface area contributed by atoms with Gasteiger partial charge in [0.15, 0.2) is 0 Å². The second kappa shape index (κ2) is 6.59. The number of aromatic nitrogens is 2. The zero-order chi connectivity index (χ0) is 17.2. The van der Waals surface area contributed by atoms with Crippen LogP contribution in [0.3, 0.4) is 0 Å². The summed E-state index contributed by atoms with van der Waals surface area (Å²) >= 11 is 0. The Bertz CT molecular complexity index is 901. The van der Waals surface area contributed by atoms with Gasteiger partial charge in [-0.2, -0.15) is 0 Å². The highest BCUT2D eigenvalue weighted by atomic mass is 16.1. The molecule has 1 amide bonds. The molecule has 1 aliphatic heterocycles. The zero-order valence-electron chi connectivity index (χ0n) is 14.3. The molecule has 4 rings (SSSR count). The molecule has 0 aliphatic carbocycles. The highest BCUT2D eigenvalue weighted by Gasteiger charge is 2.24. The fourth-order valence-electron chi connectivity index (χ4n) is 3.55. The molecule has 1 aliphatic rings. The van der Waals surface area contributed by atoms with Crippen LogP contribution in [-0.2, 0) is 11.2 Å². The number of aromatic amines is 1. The molecule has 2 aromatic heterocycles. The number of para-hydroxylation sites is 1. The van der Waals surface area contributed by atoms with Crippen LogP contribution >= 0.6 is 0 Å². The van der Waals surface area contributed by atoms with E-state index in [9.17, 15) is 4.79 Å². The predicted molar refractivity (Wildman–Crippen MR) is 99.7 cm³/mol. The lowest BCUT2D eigenvalue weighted by atomic mass is 10.1. The van der Waals surface area contributed by atoms with Crippen molar-refractivity contribution in [2.45, 2.75) is 25.8 Å². The predicted octanol–water partition coefficient (Wildman–Crippen LogP) is 2.81. The monoisotopic (exact) mass is 334 g/mol. The summed E-state index contributed by atoms with van der Waals surface area (Å²) in [5, 5.41) is 4.30. The van der Waals surface area contributed by atoms with Crippen LogP contribution < -0.4 is 10.2 Å². The maximum atomic E-state index is 12.5. The molecule has 1 aromatic carbocycles. The van der Waals surface area contributed by atoms with Gasteiger partial charge in [0.2, 0.25) is 5.91 Å². The normalized spacial score (nSPS) is 17.2. The number of nitrogens with one attached hydrogen (secondary N) is 2. The Morgan fingerprint density at radius 3 is 3.12 bits per heavy atom. The minimum Gasteiger partial charge on any atom is -0.368 e. The van der Waals surface area contributed by atoms with E-state index in [4.69, 9.17) is 0 Å². The van der Waals surface area contributed by atoms with Gasteiger partial charge >= 0.3 is 0 Å². The van der Waals surface area contributed by atoms with Crippen molar-refractivity contribution in [1.82, 2.24) is 15.3 Å². The second-order valence-corrected chi connectivity index (χ2v) is 6.76. The van der Waals surface area contributed by atoms with Gasteiger partial charge in [-0.25, -0.2) is 0 Å². The van der Waals surface area contributed by atoms with E-state index >= 15 is 0 Å². The number of H-pyrrole nitrogens is 1. The van der Waals surface area contributed by atoms with Crippen molar-refractivity contribution in [3.63, 3.8) is 0 Å². The number of hydrogen-bond acceptors (Lipinski definition) is 3. The van der Waals surface area contributed by atoms with Gasteiger partial charge in [-0.05, 0) is 36.6 Å². The molecular weight excluding hydrogens is 312 g/mol. The first kappa shape index (κ1) is 15.7. The molecule has 3 heterocycles. The molecule has 5 nitrogen and oxygen atoms in total. The number of hydrogen-bond donors (Lipinski definition) is 2. The summed E-state index contributed by atoms with van der Waals surface area (Å²) in [6, 6.07) is 10.4. The summed E-state index contributed by atoms with van der Waals surface area (Å²) in [5.74, 6) is 0.0824. The average molecular weight is 334 g/mol. The van der Waals surface area contributed by atoms with Gasteiger partial charge in [-0.3, -0.25) is 9.78 Å². The summed E-state index contributed by atoms with van der Waals surface area (Å²) < 4.78 is 0. The third-order valence-electron chi connectivity index (χ3n) is 4.80. The number of aryl methyl sites for hydroxylation is 1. The van der Waals surface area contributed by atoms with Crippen molar-refractivity contribution in [2.24, 2.45) is 0 Å². The van der Waals surface area contributed by atoms with Crippen LogP contribution in [0.2, 0.25) is 0 Å². The average Bonchev–Trinajstić information content (AvgIpc) is 3.23. The van der Waals surface area contributed by atoms with Gasteiger partial charge in [-0.15, -0.1) is 0 Å². The molecule has 128 valence electrons. The van der Waals surface area contributed by atoms with Gasteiger partial charge in [-0.1, -0.05) is 18.2 Å². The first-order valence-corrected chi connectivity index (χ1v) is 8.70. The number of anilines is 1. The van der Waals surface area contributed by atoms with Gasteiger partial charge in [0.05, 0.1) is 18.3 Å². The SMILES string of the molecule is Cc1cncc(N2CC[C@@H](NC(=O)Cc3c[nH]c4ccccc34)C2)c1. The molecule has 1 fully saturated rings. The third-order valence-corrected chi connectivity index (χ3v) is 4.80. The summed E-state index contributed by atoms with van der Waals surface area (Å²) in [5.41, 5.74) is 4.41. The quantitative estimate of drug-likeness (QED) is 0.771. The van der Waals surface area contributed by atoms with E-state index in [1.165, 1.54) is 0 Å². The van der Waals surface area contributed by atoms with Crippen LogP contribution in [0.4, 0.5) is 5.69 Å². The lowest BCUT2D eigenvalue weighted by Gasteiger charge is -2.19. The van der Waals surface area contributed by atoms with Gasteiger partial charge < -0.3 is 15.2 Å². The van der Waals surface area contributed by atoms with Crippen molar-refractivity contribution < 1.29 is 4.79 Å². The minimum absolute atomic E-state index is 0.0824. The molecule has 5 heteroatoms. The summed E-state index contributed by atoms with van der Waals surface area (Å²) in [7, 11) is 0. The van der Waals surface area contributed by atoms with Gasteiger partial charge in [0, 0.05) is 42.4 Å². The molecule has 2 N–H and O–H groups in total. The summed E-state index contributed by atoms with van der Waals surface area (Å²) in [6.45, 7) is 3.83. The fraction of sp³-hybridized carbons (Fsp3) is 0.300. The Labute approximate surface area is 147 Å². The number of nitrogens with zero attached hydrogens (tertiary/aromatic N) is 2. The van der Waals surface area contributed by atoms with Crippen molar-refractivity contribution in [3.8, 4) is 0 Å². The minimum atomic E-state index is 0.0824. The maximum absolute atomic E-state index is 12.5. The zero-order valence-corrected chi connectivity index (χ0v) is 14.3. The molecule has 0 saturated carbocycles. The number of benzene rings is 1. The van der Waals surface area contributed by atoms with Crippen LogP contribution in [0.25, 0.3) is 10.9 Å². The molecule has 0 radical (unpaired) electrons. The Hall–Kier alpha value is -2.82. The van der Waals surface area contributed by atoms with E-state index in [0.29, 0.717) is 6.42 Å². The van der Waals surface area contributed by atoms with Crippen molar-refractivity contribution >= 4 is 22.5 Å². The number of amides is 1. The molecule has 1 atom stereocenters. The fourth-order valence-corrected chi connectivity index (χ4v) is 3.55. The van der Waals surface area contributed by atoms with E-state index < -0.39 is 0 Å². The molecule has 0 spiro atoms. The van der Waals surface area contributed by atoms with Gasteiger partial charge in [0.1, 0.15) is 0 Å². The lowest BCUT2D eigenvalue weighted by Crippen LogP contribution is -2.37. The largest absolute Gasteiger partial charge is 0.368 e. The molecule has 1 saturated heterocycles. The maximum Gasteiger partial charge on any atom is 0.224 e. The standard InChI is InChI=1S/C20H22N4O/c1-14-8-17(12-21-10-14)24-7-6-16(13-24)23-20(25)9-15-11-22-19-5-3-2-4-18(15)19/h2-5,8,10-12,16,22H,6-7,9,13H2,1H3,(H,23,25)/t16-/m1/s1. The van der Waals surface area contributed by atoms with Crippen LogP contribution in [-0.4, -0.2) is 35.0 Å². The molecule has 25 heavy (non-hydrogen) atoms. The van der Waals surface area contributed by atoms with Crippen LogP contribution in [0.15, 0.2) is 48.9 Å². The highest BCUT2D eigenvalue weighted by Crippen LogP contribution is 2.21. The number of fused-ring (bicyclic) bond motifs is 1. The van der Waals surface area contributed by atoms with E-state index in [2.05, 4.69) is 32.3 Å². The smallest absolute Gasteiger partial charge is 0.224 e. The summed E-state index contributed by atoms with van der Waals surface area (Å²) in [6.07, 6.45) is 7.06. The Morgan fingerprint density at radius 2 is 2.24 bits per heavy atom. The Kier molecular flexibility index (Phi) is 4.14. The first-order chi connectivity index (χ1) is 12.2. The van der Waals surface area contributed by atoms with Gasteiger partial charge in [0.25, 0.3) is 0 Å². The third kappa shape index (κ3) is 3.36. The molecule has 0 unspecified atom stereocenters.